The standard InChI is InChI=1S/C12H16N2S2/c1-3-13-9(2)6-11-8-16-12(14-11)10-4-5-15-7-10/h4-5,7-9,13H,3,6H2,1-2H3. The van der Waals surface area contributed by atoms with Crippen LogP contribution in [0.25, 0.3) is 10.6 Å². The van der Waals surface area contributed by atoms with Gasteiger partial charge in [0.25, 0.3) is 0 Å². The van der Waals surface area contributed by atoms with Crippen LogP contribution in [-0.4, -0.2) is 17.6 Å². The number of hydrogen-bond acceptors (Lipinski definition) is 4. The van der Waals surface area contributed by atoms with Crippen LogP contribution in [0.2, 0.25) is 0 Å². The third kappa shape index (κ3) is 2.90. The molecule has 0 aliphatic heterocycles. The highest BCUT2D eigenvalue weighted by Gasteiger charge is 2.07. The van der Waals surface area contributed by atoms with E-state index in [4.69, 9.17) is 0 Å². The van der Waals surface area contributed by atoms with Crippen molar-refractivity contribution in [3.05, 3.63) is 27.9 Å². The fourth-order valence-corrected chi connectivity index (χ4v) is 3.20. The van der Waals surface area contributed by atoms with Gasteiger partial charge in [0.15, 0.2) is 0 Å². The lowest BCUT2D eigenvalue weighted by Gasteiger charge is -2.09. The van der Waals surface area contributed by atoms with Crippen LogP contribution in [0.1, 0.15) is 19.5 Å². The second kappa shape index (κ2) is 5.57. The van der Waals surface area contributed by atoms with E-state index < -0.39 is 0 Å². The maximum atomic E-state index is 4.66. The Morgan fingerprint density at radius 2 is 2.31 bits per heavy atom. The first kappa shape index (κ1) is 11.8. The largest absolute Gasteiger partial charge is 0.314 e. The number of likely N-dealkylation sites (N-methyl/N-ethyl adjacent to an activating group) is 1. The van der Waals surface area contributed by atoms with Gasteiger partial charge in [-0.05, 0) is 24.9 Å². The summed E-state index contributed by atoms with van der Waals surface area (Å²) in [5.41, 5.74) is 2.44. The predicted molar refractivity (Wildman–Crippen MR) is 72.3 cm³/mol. The number of hydrogen-bond donors (Lipinski definition) is 1. The highest BCUT2D eigenvalue weighted by molar-refractivity contribution is 7.14. The van der Waals surface area contributed by atoms with Crippen molar-refractivity contribution in [3.63, 3.8) is 0 Å². The molecule has 2 heterocycles. The summed E-state index contributed by atoms with van der Waals surface area (Å²) in [7, 11) is 0. The number of nitrogens with zero attached hydrogens (tertiary/aromatic N) is 1. The highest BCUT2D eigenvalue weighted by Crippen LogP contribution is 2.25. The van der Waals surface area contributed by atoms with Crippen molar-refractivity contribution < 1.29 is 0 Å². The van der Waals surface area contributed by atoms with Crippen LogP contribution in [0.4, 0.5) is 0 Å². The van der Waals surface area contributed by atoms with Crippen LogP contribution < -0.4 is 5.32 Å². The van der Waals surface area contributed by atoms with Gasteiger partial charge in [-0.3, -0.25) is 0 Å². The Hall–Kier alpha value is -0.710. The molecule has 1 atom stereocenters. The Balaban J connectivity index is 2.03. The van der Waals surface area contributed by atoms with E-state index in [-0.39, 0.29) is 0 Å². The summed E-state index contributed by atoms with van der Waals surface area (Å²) in [6.45, 7) is 5.35. The normalized spacial score (nSPS) is 12.9. The van der Waals surface area contributed by atoms with Gasteiger partial charge in [-0.15, -0.1) is 11.3 Å². The zero-order chi connectivity index (χ0) is 11.4. The molecule has 0 radical (unpaired) electrons. The van der Waals surface area contributed by atoms with Crippen LogP contribution in [0, 0.1) is 0 Å². The summed E-state index contributed by atoms with van der Waals surface area (Å²) in [5, 5.41) is 11.0. The first-order chi connectivity index (χ1) is 7.79. The molecular formula is C12H16N2S2. The second-order valence-electron chi connectivity index (χ2n) is 3.82. The molecule has 0 spiro atoms. The van der Waals surface area contributed by atoms with Crippen molar-refractivity contribution in [2.45, 2.75) is 26.3 Å². The van der Waals surface area contributed by atoms with E-state index in [1.807, 2.05) is 0 Å². The predicted octanol–water partition coefficient (Wildman–Crippen LogP) is 3.41. The van der Waals surface area contributed by atoms with Crippen molar-refractivity contribution in [1.82, 2.24) is 10.3 Å². The average Bonchev–Trinajstić information content (AvgIpc) is 2.86. The molecule has 0 aliphatic carbocycles. The third-order valence-electron chi connectivity index (χ3n) is 2.39. The molecule has 0 amide bonds. The van der Waals surface area contributed by atoms with Gasteiger partial charge in [-0.2, -0.15) is 11.3 Å². The van der Waals surface area contributed by atoms with Gasteiger partial charge < -0.3 is 5.32 Å². The maximum absolute atomic E-state index is 4.66. The molecule has 0 saturated heterocycles. The van der Waals surface area contributed by atoms with Crippen molar-refractivity contribution in [1.29, 1.82) is 0 Å². The minimum Gasteiger partial charge on any atom is -0.314 e. The molecule has 1 unspecified atom stereocenters. The van der Waals surface area contributed by atoms with Crippen molar-refractivity contribution >= 4 is 22.7 Å². The first-order valence-corrected chi connectivity index (χ1v) is 7.32. The zero-order valence-corrected chi connectivity index (χ0v) is 11.2. The lowest BCUT2D eigenvalue weighted by atomic mass is 10.2. The molecule has 0 bridgehead atoms. The summed E-state index contributed by atoms with van der Waals surface area (Å²) in [4.78, 5) is 4.66. The Morgan fingerprint density at radius 3 is 3.00 bits per heavy atom. The number of rotatable bonds is 5. The fourth-order valence-electron chi connectivity index (χ4n) is 1.65. The molecule has 0 saturated carbocycles. The van der Waals surface area contributed by atoms with Crippen molar-refractivity contribution in [2.24, 2.45) is 0 Å². The lowest BCUT2D eigenvalue weighted by Crippen LogP contribution is -2.27. The van der Waals surface area contributed by atoms with Gasteiger partial charge in [-0.25, -0.2) is 4.98 Å². The smallest absolute Gasteiger partial charge is 0.124 e. The third-order valence-corrected chi connectivity index (χ3v) is 4.01. The Labute approximate surface area is 104 Å². The first-order valence-electron chi connectivity index (χ1n) is 5.50. The van der Waals surface area contributed by atoms with Gasteiger partial charge in [0, 0.05) is 28.8 Å². The van der Waals surface area contributed by atoms with Crippen LogP contribution in [0.5, 0.6) is 0 Å². The summed E-state index contributed by atoms with van der Waals surface area (Å²) in [6, 6.07) is 2.63. The Morgan fingerprint density at radius 1 is 1.44 bits per heavy atom. The number of thiophene rings is 1. The number of nitrogens with one attached hydrogen (secondary N) is 1. The van der Waals surface area contributed by atoms with Crippen LogP contribution in [0.3, 0.4) is 0 Å². The van der Waals surface area contributed by atoms with E-state index in [2.05, 4.69) is 46.4 Å². The van der Waals surface area contributed by atoms with Crippen LogP contribution in [0.15, 0.2) is 22.2 Å². The lowest BCUT2D eigenvalue weighted by molar-refractivity contribution is 0.561. The quantitative estimate of drug-likeness (QED) is 0.882. The van der Waals surface area contributed by atoms with Crippen LogP contribution in [-0.2, 0) is 6.42 Å². The molecule has 0 fully saturated rings. The van der Waals surface area contributed by atoms with E-state index in [9.17, 15) is 0 Å². The van der Waals surface area contributed by atoms with Gasteiger partial charge in [-0.1, -0.05) is 6.92 Å². The topological polar surface area (TPSA) is 24.9 Å². The van der Waals surface area contributed by atoms with E-state index in [1.165, 1.54) is 11.3 Å². The summed E-state index contributed by atoms with van der Waals surface area (Å²) in [5.74, 6) is 0. The molecule has 0 aliphatic rings. The molecule has 4 heteroatoms. The number of thiazole rings is 1. The van der Waals surface area contributed by atoms with E-state index >= 15 is 0 Å². The monoisotopic (exact) mass is 252 g/mol. The SMILES string of the molecule is CCNC(C)Cc1csc(-c2ccsc2)n1. The van der Waals surface area contributed by atoms with E-state index in [0.717, 1.165) is 18.0 Å². The maximum Gasteiger partial charge on any atom is 0.124 e. The van der Waals surface area contributed by atoms with E-state index in [0.29, 0.717) is 6.04 Å². The van der Waals surface area contributed by atoms with Gasteiger partial charge in [0.1, 0.15) is 5.01 Å². The summed E-state index contributed by atoms with van der Waals surface area (Å²) < 4.78 is 0. The average molecular weight is 252 g/mol. The molecule has 2 nitrogen and oxygen atoms in total. The molecule has 1 N–H and O–H groups in total. The zero-order valence-electron chi connectivity index (χ0n) is 9.56. The molecule has 2 aromatic rings. The molecule has 16 heavy (non-hydrogen) atoms. The fraction of sp³-hybridized carbons (Fsp3) is 0.417. The van der Waals surface area contributed by atoms with Gasteiger partial charge in [0.2, 0.25) is 0 Å². The molecule has 0 aromatic carbocycles. The molecular weight excluding hydrogens is 236 g/mol. The van der Waals surface area contributed by atoms with Crippen molar-refractivity contribution in [3.8, 4) is 10.6 Å². The minimum atomic E-state index is 0.502. The number of aromatic nitrogens is 1. The van der Waals surface area contributed by atoms with Crippen molar-refractivity contribution in [2.75, 3.05) is 6.54 Å². The summed E-state index contributed by atoms with van der Waals surface area (Å²) in [6.07, 6.45) is 1.01. The Kier molecular flexibility index (Phi) is 4.09. The summed E-state index contributed by atoms with van der Waals surface area (Å²) >= 11 is 3.46. The second-order valence-corrected chi connectivity index (χ2v) is 5.46. The Bertz CT molecular complexity index is 420. The van der Waals surface area contributed by atoms with E-state index in [1.54, 1.807) is 22.7 Å². The molecule has 2 rings (SSSR count). The van der Waals surface area contributed by atoms with Gasteiger partial charge in [0.05, 0.1) is 5.69 Å². The molecule has 2 aromatic heterocycles. The highest BCUT2D eigenvalue weighted by atomic mass is 32.1. The van der Waals surface area contributed by atoms with Crippen LogP contribution >= 0.6 is 22.7 Å². The molecule has 86 valence electrons. The minimum absolute atomic E-state index is 0.502. The van der Waals surface area contributed by atoms with Gasteiger partial charge >= 0.3 is 0 Å².